The third-order valence-corrected chi connectivity index (χ3v) is 5.07. The highest BCUT2D eigenvalue weighted by Gasteiger charge is 2.14. The van der Waals surface area contributed by atoms with Gasteiger partial charge < -0.3 is 5.41 Å². The predicted octanol–water partition coefficient (Wildman–Crippen LogP) is 5.75. The van der Waals surface area contributed by atoms with Crippen LogP contribution in [0.5, 0.6) is 0 Å². The molecule has 0 saturated carbocycles. The standard InChI is InChI=1S/C20H21N3OS.C2H6/c1-12(2)7-16(21)9-23-11-22-19-18(20(23)24)17(10-25-19)15-6-5-13(3)14(4)8-15;1-2/h5-8,10-11,21H,9H2,1-4H3;1-2H3. The smallest absolute Gasteiger partial charge is 0.263 e. The van der Waals surface area contributed by atoms with Crippen molar-refractivity contribution in [2.24, 2.45) is 0 Å². The van der Waals surface area contributed by atoms with E-state index in [0.717, 1.165) is 21.5 Å². The number of hydrogen-bond donors (Lipinski definition) is 1. The molecule has 1 aromatic carbocycles. The van der Waals surface area contributed by atoms with E-state index in [9.17, 15) is 4.79 Å². The van der Waals surface area contributed by atoms with Crippen LogP contribution in [0.1, 0.15) is 38.8 Å². The molecular weight excluding hydrogens is 354 g/mol. The Kier molecular flexibility index (Phi) is 6.86. The lowest BCUT2D eigenvalue weighted by atomic mass is 10.0. The molecule has 0 radical (unpaired) electrons. The topological polar surface area (TPSA) is 58.7 Å². The van der Waals surface area contributed by atoms with Gasteiger partial charge in [-0.2, -0.15) is 0 Å². The summed E-state index contributed by atoms with van der Waals surface area (Å²) in [4.78, 5) is 18.1. The number of aryl methyl sites for hydroxylation is 2. The maximum absolute atomic E-state index is 13.0. The number of rotatable bonds is 4. The van der Waals surface area contributed by atoms with Crippen LogP contribution in [0.15, 0.2) is 46.4 Å². The molecule has 0 aliphatic carbocycles. The van der Waals surface area contributed by atoms with E-state index in [1.165, 1.54) is 27.0 Å². The van der Waals surface area contributed by atoms with E-state index in [-0.39, 0.29) is 12.1 Å². The fraction of sp³-hybridized carbons (Fsp3) is 0.318. The second-order valence-corrected chi connectivity index (χ2v) is 7.41. The molecule has 142 valence electrons. The Morgan fingerprint density at radius 3 is 2.56 bits per heavy atom. The molecule has 5 heteroatoms. The molecule has 0 spiro atoms. The van der Waals surface area contributed by atoms with E-state index in [2.05, 4.69) is 31.0 Å². The van der Waals surface area contributed by atoms with Gasteiger partial charge in [0, 0.05) is 10.9 Å². The van der Waals surface area contributed by atoms with Crippen molar-refractivity contribution in [2.75, 3.05) is 0 Å². The molecule has 0 bridgehead atoms. The summed E-state index contributed by atoms with van der Waals surface area (Å²) >= 11 is 1.48. The highest BCUT2D eigenvalue weighted by Crippen LogP contribution is 2.31. The molecule has 0 saturated heterocycles. The molecule has 3 aromatic rings. The van der Waals surface area contributed by atoms with Gasteiger partial charge in [-0.3, -0.25) is 9.36 Å². The van der Waals surface area contributed by atoms with Crippen LogP contribution in [-0.4, -0.2) is 15.3 Å². The summed E-state index contributed by atoms with van der Waals surface area (Å²) < 4.78 is 1.52. The number of thiophene rings is 1. The Labute approximate surface area is 164 Å². The summed E-state index contributed by atoms with van der Waals surface area (Å²) in [6, 6.07) is 6.23. The second kappa shape index (κ2) is 8.91. The summed E-state index contributed by atoms with van der Waals surface area (Å²) in [5.41, 5.74) is 5.73. The molecule has 0 fully saturated rings. The molecule has 1 N–H and O–H groups in total. The lowest BCUT2D eigenvalue weighted by molar-refractivity contribution is 0.792. The number of aromatic nitrogens is 2. The highest BCUT2D eigenvalue weighted by molar-refractivity contribution is 7.17. The second-order valence-electron chi connectivity index (χ2n) is 6.55. The zero-order valence-corrected chi connectivity index (χ0v) is 17.7. The van der Waals surface area contributed by atoms with E-state index in [0.29, 0.717) is 11.1 Å². The number of fused-ring (bicyclic) bond motifs is 1. The number of nitrogens with one attached hydrogen (secondary N) is 1. The Bertz CT molecular complexity index is 1050. The summed E-state index contributed by atoms with van der Waals surface area (Å²) in [5, 5.41) is 10.7. The maximum Gasteiger partial charge on any atom is 0.263 e. The maximum atomic E-state index is 13.0. The minimum atomic E-state index is -0.0913. The van der Waals surface area contributed by atoms with E-state index in [1.54, 1.807) is 12.4 Å². The summed E-state index contributed by atoms with van der Waals surface area (Å²) in [5.74, 6) is 0. The SMILES string of the molecule is CC.CC(C)=CC(=N)Cn1cnc2scc(-c3ccc(C)c(C)c3)c2c1=O. The monoisotopic (exact) mass is 381 g/mol. The molecule has 4 nitrogen and oxygen atoms in total. The lowest BCUT2D eigenvalue weighted by Gasteiger charge is -2.07. The van der Waals surface area contributed by atoms with Crippen molar-refractivity contribution in [2.45, 2.75) is 48.1 Å². The quantitative estimate of drug-likeness (QED) is 0.585. The van der Waals surface area contributed by atoms with Crippen LogP contribution >= 0.6 is 11.3 Å². The third kappa shape index (κ3) is 4.61. The predicted molar refractivity (Wildman–Crippen MR) is 117 cm³/mol. The third-order valence-electron chi connectivity index (χ3n) is 4.18. The van der Waals surface area contributed by atoms with Gasteiger partial charge in [-0.15, -0.1) is 11.3 Å². The molecule has 3 rings (SSSR count). The van der Waals surface area contributed by atoms with Gasteiger partial charge in [-0.05, 0) is 50.5 Å². The van der Waals surface area contributed by atoms with Gasteiger partial charge in [0.2, 0.25) is 0 Å². The number of hydrogen-bond acceptors (Lipinski definition) is 4. The van der Waals surface area contributed by atoms with Crippen LogP contribution in [0, 0.1) is 19.3 Å². The summed E-state index contributed by atoms with van der Waals surface area (Å²) in [6.45, 7) is 12.3. The highest BCUT2D eigenvalue weighted by atomic mass is 32.1. The fourth-order valence-corrected chi connectivity index (χ4v) is 3.69. The van der Waals surface area contributed by atoms with Crippen LogP contribution < -0.4 is 5.56 Å². The molecule has 0 amide bonds. The average Bonchev–Trinajstić information content (AvgIpc) is 3.06. The van der Waals surface area contributed by atoms with Crippen molar-refractivity contribution >= 4 is 27.3 Å². The van der Waals surface area contributed by atoms with Gasteiger partial charge in [0.05, 0.1) is 24.0 Å². The first kappa shape index (κ1) is 20.8. The van der Waals surface area contributed by atoms with Crippen molar-refractivity contribution in [3.63, 3.8) is 0 Å². The van der Waals surface area contributed by atoms with Crippen LogP contribution in [-0.2, 0) is 6.54 Å². The molecule has 0 unspecified atom stereocenters. The van der Waals surface area contributed by atoms with Crippen LogP contribution in [0.3, 0.4) is 0 Å². The molecule has 0 atom stereocenters. The Hall–Kier alpha value is -2.53. The zero-order chi connectivity index (χ0) is 20.1. The molecule has 2 aromatic heterocycles. The van der Waals surface area contributed by atoms with Gasteiger partial charge in [-0.25, -0.2) is 4.98 Å². The minimum absolute atomic E-state index is 0.0913. The van der Waals surface area contributed by atoms with Gasteiger partial charge in [0.15, 0.2) is 0 Å². The zero-order valence-electron chi connectivity index (χ0n) is 16.9. The van der Waals surface area contributed by atoms with Crippen LogP contribution in [0.25, 0.3) is 21.3 Å². The number of allylic oxidation sites excluding steroid dienone is 2. The van der Waals surface area contributed by atoms with E-state index < -0.39 is 0 Å². The van der Waals surface area contributed by atoms with Crippen molar-refractivity contribution in [3.05, 3.63) is 63.0 Å². The average molecular weight is 382 g/mol. The molecule has 0 aliphatic heterocycles. The Balaban J connectivity index is 0.00000126. The van der Waals surface area contributed by atoms with Gasteiger partial charge in [-0.1, -0.05) is 37.6 Å². The number of benzene rings is 1. The first-order chi connectivity index (χ1) is 12.9. The van der Waals surface area contributed by atoms with Crippen molar-refractivity contribution in [3.8, 4) is 11.1 Å². The summed E-state index contributed by atoms with van der Waals surface area (Å²) in [7, 11) is 0. The van der Waals surface area contributed by atoms with E-state index >= 15 is 0 Å². The Morgan fingerprint density at radius 1 is 1.22 bits per heavy atom. The first-order valence-electron chi connectivity index (χ1n) is 9.13. The van der Waals surface area contributed by atoms with Gasteiger partial charge in [0.1, 0.15) is 4.83 Å². The van der Waals surface area contributed by atoms with Crippen LogP contribution in [0.2, 0.25) is 0 Å². The lowest BCUT2D eigenvalue weighted by Crippen LogP contribution is -2.23. The van der Waals surface area contributed by atoms with E-state index in [1.807, 2.05) is 39.1 Å². The van der Waals surface area contributed by atoms with Crippen molar-refractivity contribution in [1.29, 1.82) is 5.41 Å². The van der Waals surface area contributed by atoms with E-state index in [4.69, 9.17) is 5.41 Å². The number of nitrogens with zero attached hydrogens (tertiary/aromatic N) is 2. The minimum Gasteiger partial charge on any atom is -0.303 e. The van der Waals surface area contributed by atoms with Gasteiger partial charge >= 0.3 is 0 Å². The summed E-state index contributed by atoms with van der Waals surface area (Å²) in [6.07, 6.45) is 3.31. The van der Waals surface area contributed by atoms with Crippen molar-refractivity contribution in [1.82, 2.24) is 9.55 Å². The molecule has 2 heterocycles. The van der Waals surface area contributed by atoms with Crippen LogP contribution in [0.4, 0.5) is 0 Å². The molecule has 27 heavy (non-hydrogen) atoms. The van der Waals surface area contributed by atoms with Crippen molar-refractivity contribution < 1.29 is 0 Å². The van der Waals surface area contributed by atoms with Gasteiger partial charge in [0.25, 0.3) is 5.56 Å². The fourth-order valence-electron chi connectivity index (χ4n) is 2.78. The molecule has 0 aliphatic rings. The Morgan fingerprint density at radius 2 is 1.93 bits per heavy atom. The first-order valence-corrected chi connectivity index (χ1v) is 10.0. The normalized spacial score (nSPS) is 10.3. The largest absolute Gasteiger partial charge is 0.303 e. The molecular formula is C22H27N3OS.